The van der Waals surface area contributed by atoms with Crippen molar-refractivity contribution in [2.24, 2.45) is 7.05 Å². The minimum absolute atomic E-state index is 0.217. The average molecular weight is 326 g/mol. The van der Waals surface area contributed by atoms with E-state index >= 15 is 0 Å². The number of carbonyl (C=O) groups excluding carboxylic acids is 1. The maximum atomic E-state index is 12.3. The molecule has 7 heteroatoms. The first-order chi connectivity index (χ1) is 11.6. The van der Waals surface area contributed by atoms with Crippen LogP contribution >= 0.6 is 0 Å². The van der Waals surface area contributed by atoms with E-state index in [2.05, 4.69) is 5.32 Å². The van der Waals surface area contributed by atoms with Gasteiger partial charge in [0.05, 0.1) is 5.52 Å². The first kappa shape index (κ1) is 14.4. The number of nitrogens with one attached hydrogen (secondary N) is 1. The SMILES string of the molecule is Cn1c(=O)oc2ccc(C(=O)NCc3ccc4c(c3)OCO4)cc21. The van der Waals surface area contributed by atoms with Crippen LogP contribution in [0.15, 0.2) is 45.6 Å². The van der Waals surface area contributed by atoms with Crippen molar-refractivity contribution < 1.29 is 18.7 Å². The lowest BCUT2D eigenvalue weighted by atomic mass is 10.1. The minimum Gasteiger partial charge on any atom is -0.454 e. The molecule has 1 N–H and O–H groups in total. The molecule has 0 saturated heterocycles. The van der Waals surface area contributed by atoms with Gasteiger partial charge in [-0.2, -0.15) is 0 Å². The predicted octanol–water partition coefficient (Wildman–Crippen LogP) is 1.79. The lowest BCUT2D eigenvalue weighted by Crippen LogP contribution is -2.22. The summed E-state index contributed by atoms with van der Waals surface area (Å²) in [6.45, 7) is 0.576. The summed E-state index contributed by atoms with van der Waals surface area (Å²) in [4.78, 5) is 23.8. The molecule has 1 aromatic heterocycles. The Morgan fingerprint density at radius 3 is 2.88 bits per heavy atom. The van der Waals surface area contributed by atoms with Crippen molar-refractivity contribution in [2.45, 2.75) is 6.54 Å². The number of nitrogens with zero attached hydrogens (tertiary/aromatic N) is 1. The largest absolute Gasteiger partial charge is 0.454 e. The number of hydrogen-bond acceptors (Lipinski definition) is 5. The topological polar surface area (TPSA) is 82.7 Å². The lowest BCUT2D eigenvalue weighted by molar-refractivity contribution is 0.0951. The monoisotopic (exact) mass is 326 g/mol. The van der Waals surface area contributed by atoms with Crippen LogP contribution in [0.2, 0.25) is 0 Å². The van der Waals surface area contributed by atoms with Gasteiger partial charge in [-0.15, -0.1) is 0 Å². The summed E-state index contributed by atoms with van der Waals surface area (Å²) in [5.74, 6) is 0.694. The van der Waals surface area contributed by atoms with Gasteiger partial charge in [0.1, 0.15) is 0 Å². The molecule has 1 aliphatic rings. The van der Waals surface area contributed by atoms with E-state index in [1.807, 2.05) is 18.2 Å². The molecule has 7 nitrogen and oxygen atoms in total. The highest BCUT2D eigenvalue weighted by atomic mass is 16.7. The second-order valence-electron chi connectivity index (χ2n) is 5.48. The molecule has 0 atom stereocenters. The average Bonchev–Trinajstić information content (AvgIpc) is 3.17. The Morgan fingerprint density at radius 2 is 2.00 bits per heavy atom. The van der Waals surface area contributed by atoms with Crippen molar-refractivity contribution in [3.8, 4) is 11.5 Å². The van der Waals surface area contributed by atoms with Crippen molar-refractivity contribution in [2.75, 3.05) is 6.79 Å². The van der Waals surface area contributed by atoms with Gasteiger partial charge in [0.25, 0.3) is 5.91 Å². The molecule has 4 rings (SSSR count). The van der Waals surface area contributed by atoms with Crippen molar-refractivity contribution in [1.29, 1.82) is 0 Å². The number of oxazole rings is 1. The Hall–Kier alpha value is -3.22. The number of rotatable bonds is 3. The van der Waals surface area contributed by atoms with E-state index in [9.17, 15) is 9.59 Å². The molecule has 0 spiro atoms. The van der Waals surface area contributed by atoms with Crippen LogP contribution in [0.1, 0.15) is 15.9 Å². The van der Waals surface area contributed by atoms with Crippen LogP contribution in [0.5, 0.6) is 11.5 Å². The van der Waals surface area contributed by atoms with Gasteiger partial charge >= 0.3 is 5.76 Å². The van der Waals surface area contributed by atoms with Gasteiger partial charge in [0, 0.05) is 19.2 Å². The Morgan fingerprint density at radius 1 is 1.17 bits per heavy atom. The van der Waals surface area contributed by atoms with Crippen molar-refractivity contribution in [3.63, 3.8) is 0 Å². The molecule has 2 aromatic carbocycles. The first-order valence-electron chi connectivity index (χ1n) is 7.38. The third kappa shape index (κ3) is 2.40. The molecular formula is C17H14N2O5. The molecule has 0 bridgehead atoms. The second-order valence-corrected chi connectivity index (χ2v) is 5.48. The molecular weight excluding hydrogens is 312 g/mol. The molecule has 2 heterocycles. The van der Waals surface area contributed by atoms with E-state index in [0.29, 0.717) is 34.7 Å². The standard InChI is InChI=1S/C17H14N2O5/c1-19-12-7-11(3-5-13(12)24-17(19)21)16(20)18-8-10-2-4-14-15(6-10)23-9-22-14/h2-7H,8-9H2,1H3,(H,18,20). The molecule has 122 valence electrons. The maximum absolute atomic E-state index is 12.3. The Labute approximate surface area is 136 Å². The minimum atomic E-state index is -0.456. The molecule has 3 aromatic rings. The molecule has 1 amide bonds. The number of aryl methyl sites for hydroxylation is 1. The van der Waals surface area contributed by atoms with Gasteiger partial charge < -0.3 is 19.2 Å². The summed E-state index contributed by atoms with van der Waals surface area (Å²) < 4.78 is 17.0. The van der Waals surface area contributed by atoms with Gasteiger partial charge in [0.15, 0.2) is 17.1 Å². The quantitative estimate of drug-likeness (QED) is 0.793. The number of fused-ring (bicyclic) bond motifs is 2. The summed E-state index contributed by atoms with van der Waals surface area (Å²) in [6.07, 6.45) is 0. The third-order valence-corrected chi connectivity index (χ3v) is 3.94. The summed E-state index contributed by atoms with van der Waals surface area (Å²) in [7, 11) is 1.60. The van der Waals surface area contributed by atoms with E-state index < -0.39 is 5.76 Å². The van der Waals surface area contributed by atoms with Crippen LogP contribution in [0.4, 0.5) is 0 Å². The summed E-state index contributed by atoms with van der Waals surface area (Å²) in [6, 6.07) is 10.4. The molecule has 0 aliphatic carbocycles. The zero-order valence-corrected chi connectivity index (χ0v) is 12.9. The van der Waals surface area contributed by atoms with Gasteiger partial charge in [-0.25, -0.2) is 4.79 Å². The van der Waals surface area contributed by atoms with Gasteiger partial charge in [-0.3, -0.25) is 9.36 Å². The molecule has 0 saturated carbocycles. The van der Waals surface area contributed by atoms with Crippen LogP contribution in [-0.4, -0.2) is 17.3 Å². The number of carbonyl (C=O) groups is 1. The molecule has 0 radical (unpaired) electrons. The highest BCUT2D eigenvalue weighted by Crippen LogP contribution is 2.32. The number of ether oxygens (including phenoxy) is 2. The zero-order chi connectivity index (χ0) is 16.7. The summed E-state index contributed by atoms with van der Waals surface area (Å²) in [5.41, 5.74) is 2.40. The second kappa shape index (κ2) is 5.45. The predicted molar refractivity (Wildman–Crippen MR) is 85.2 cm³/mol. The fourth-order valence-electron chi connectivity index (χ4n) is 2.60. The Balaban J connectivity index is 1.52. The van der Waals surface area contributed by atoms with E-state index in [-0.39, 0.29) is 12.7 Å². The molecule has 24 heavy (non-hydrogen) atoms. The lowest BCUT2D eigenvalue weighted by Gasteiger charge is -2.06. The van der Waals surface area contributed by atoms with Crippen LogP contribution in [0.25, 0.3) is 11.1 Å². The number of benzene rings is 2. The Kier molecular flexibility index (Phi) is 3.26. The van der Waals surface area contributed by atoms with Gasteiger partial charge in [-0.1, -0.05) is 6.07 Å². The van der Waals surface area contributed by atoms with E-state index in [1.165, 1.54) is 4.57 Å². The van der Waals surface area contributed by atoms with Crippen molar-refractivity contribution in [1.82, 2.24) is 9.88 Å². The fraction of sp³-hybridized carbons (Fsp3) is 0.176. The molecule has 0 unspecified atom stereocenters. The molecule has 0 fully saturated rings. The maximum Gasteiger partial charge on any atom is 0.419 e. The summed E-state index contributed by atoms with van der Waals surface area (Å²) in [5, 5.41) is 2.84. The van der Waals surface area contributed by atoms with Gasteiger partial charge in [0.2, 0.25) is 6.79 Å². The molecule has 1 aliphatic heterocycles. The highest BCUT2D eigenvalue weighted by Gasteiger charge is 2.14. The first-order valence-corrected chi connectivity index (χ1v) is 7.38. The van der Waals surface area contributed by atoms with E-state index in [0.717, 1.165) is 5.56 Å². The number of hydrogen-bond donors (Lipinski definition) is 1. The van der Waals surface area contributed by atoms with Crippen molar-refractivity contribution >= 4 is 17.0 Å². The van der Waals surface area contributed by atoms with Crippen LogP contribution < -0.4 is 20.5 Å². The van der Waals surface area contributed by atoms with Crippen molar-refractivity contribution in [3.05, 3.63) is 58.1 Å². The number of amides is 1. The highest BCUT2D eigenvalue weighted by molar-refractivity contribution is 5.97. The van der Waals surface area contributed by atoms with Crippen LogP contribution in [0, 0.1) is 0 Å². The van der Waals surface area contributed by atoms with Gasteiger partial charge in [-0.05, 0) is 35.9 Å². The normalized spacial score (nSPS) is 12.5. The van der Waals surface area contributed by atoms with E-state index in [1.54, 1.807) is 25.2 Å². The van der Waals surface area contributed by atoms with E-state index in [4.69, 9.17) is 13.9 Å². The van der Waals surface area contributed by atoms with Crippen LogP contribution in [-0.2, 0) is 13.6 Å². The Bertz CT molecular complexity index is 1000. The van der Waals surface area contributed by atoms with Crippen LogP contribution in [0.3, 0.4) is 0 Å². The fourth-order valence-corrected chi connectivity index (χ4v) is 2.60. The third-order valence-electron chi connectivity index (χ3n) is 3.94. The smallest absolute Gasteiger partial charge is 0.419 e. The zero-order valence-electron chi connectivity index (χ0n) is 12.9. The summed E-state index contributed by atoms with van der Waals surface area (Å²) >= 11 is 0. The number of aromatic nitrogens is 1.